The molecule has 22 heavy (non-hydrogen) atoms. The molecule has 2 aromatic rings. The summed E-state index contributed by atoms with van der Waals surface area (Å²) >= 11 is 0. The van der Waals surface area contributed by atoms with Crippen LogP contribution in [0.25, 0.3) is 0 Å². The Labute approximate surface area is 133 Å². The minimum Gasteiger partial charge on any atom is -0.295 e. The third kappa shape index (κ3) is 11.6. The van der Waals surface area contributed by atoms with Gasteiger partial charge in [-0.15, -0.1) is 0 Å². The maximum atomic E-state index is 12.2. The normalized spacial score (nSPS) is 8.73. The molecule has 0 bridgehead atoms. The molecule has 1 nitrogen and oxygen atoms in total. The summed E-state index contributed by atoms with van der Waals surface area (Å²) in [5, 5.41) is 0. The van der Waals surface area contributed by atoms with Crippen molar-refractivity contribution in [1.29, 1.82) is 0 Å². The van der Waals surface area contributed by atoms with Crippen molar-refractivity contribution in [3.8, 4) is 0 Å². The van der Waals surface area contributed by atoms with Crippen LogP contribution in [0.3, 0.4) is 0 Å². The highest BCUT2D eigenvalue weighted by molar-refractivity contribution is 5.86. The van der Waals surface area contributed by atoms with E-state index in [-0.39, 0.29) is 11.6 Å². The summed E-state index contributed by atoms with van der Waals surface area (Å²) in [7, 11) is 0. The smallest absolute Gasteiger partial charge is 0.152 e. The minimum absolute atomic E-state index is 0.0185. The van der Waals surface area contributed by atoms with Gasteiger partial charge in [-0.25, -0.2) is 4.39 Å². The van der Waals surface area contributed by atoms with Crippen molar-refractivity contribution < 1.29 is 9.18 Å². The van der Waals surface area contributed by atoms with Crippen LogP contribution in [0.1, 0.15) is 31.4 Å². The van der Waals surface area contributed by atoms with Crippen LogP contribution in [0, 0.1) is 12.7 Å². The third-order valence-corrected chi connectivity index (χ3v) is 2.65. The molecular formula is C20H25FO. The summed E-state index contributed by atoms with van der Waals surface area (Å²) < 4.78 is 12.2. The lowest BCUT2D eigenvalue weighted by Crippen LogP contribution is -1.78. The van der Waals surface area contributed by atoms with Crippen LogP contribution >= 0.6 is 0 Å². The van der Waals surface area contributed by atoms with E-state index in [9.17, 15) is 9.18 Å². The van der Waals surface area contributed by atoms with Crippen LogP contribution in [-0.4, -0.2) is 5.78 Å². The summed E-state index contributed by atoms with van der Waals surface area (Å²) in [6.07, 6.45) is 3.73. The van der Waals surface area contributed by atoms with Gasteiger partial charge < -0.3 is 0 Å². The highest BCUT2D eigenvalue weighted by Crippen LogP contribution is 2.00. The van der Waals surface area contributed by atoms with Gasteiger partial charge in [0, 0.05) is 0 Å². The number of aryl methyl sites for hydroxylation is 2. The molecule has 0 N–H and O–H groups in total. The Bertz CT molecular complexity index is 529. The largest absolute Gasteiger partial charge is 0.295 e. The van der Waals surface area contributed by atoms with Gasteiger partial charge in [-0.05, 0) is 49.6 Å². The van der Waals surface area contributed by atoms with Gasteiger partial charge >= 0.3 is 0 Å². The maximum absolute atomic E-state index is 12.2. The Morgan fingerprint density at radius 2 is 1.73 bits per heavy atom. The maximum Gasteiger partial charge on any atom is 0.152 e. The van der Waals surface area contributed by atoms with Gasteiger partial charge in [-0.3, -0.25) is 4.79 Å². The molecule has 0 radical (unpaired) electrons. The number of hydrogen-bond donors (Lipinski definition) is 0. The minimum atomic E-state index is -0.162. The third-order valence-electron chi connectivity index (χ3n) is 2.65. The molecule has 0 aromatic heterocycles. The predicted octanol–water partition coefficient (Wildman–Crippen LogP) is 5.53. The molecular weight excluding hydrogens is 275 g/mol. The number of hydrogen-bond acceptors (Lipinski definition) is 1. The van der Waals surface area contributed by atoms with Crippen LogP contribution in [0.2, 0.25) is 0 Å². The van der Waals surface area contributed by atoms with Crippen LogP contribution in [0.5, 0.6) is 0 Å². The Kier molecular flexibility index (Phi) is 11.3. The van der Waals surface area contributed by atoms with E-state index in [0.29, 0.717) is 0 Å². The number of benzene rings is 2. The van der Waals surface area contributed by atoms with Crippen molar-refractivity contribution in [2.24, 2.45) is 0 Å². The second-order valence-corrected chi connectivity index (χ2v) is 4.85. The predicted molar refractivity (Wildman–Crippen MR) is 92.5 cm³/mol. The van der Waals surface area contributed by atoms with Crippen LogP contribution in [0.4, 0.5) is 4.39 Å². The molecule has 0 saturated heterocycles. The molecule has 0 atom stereocenters. The molecule has 0 aliphatic carbocycles. The van der Waals surface area contributed by atoms with E-state index >= 15 is 0 Å². The average Bonchev–Trinajstić information content (AvgIpc) is 2.49. The zero-order valence-corrected chi connectivity index (χ0v) is 13.7. The molecule has 0 unspecified atom stereocenters. The molecule has 118 valence electrons. The Balaban J connectivity index is 0.000000315. The lowest BCUT2D eigenvalue weighted by molar-refractivity contribution is -0.112. The van der Waals surface area contributed by atoms with E-state index in [2.05, 4.69) is 43.8 Å². The highest BCUT2D eigenvalue weighted by Gasteiger charge is 1.85. The lowest BCUT2D eigenvalue weighted by Gasteiger charge is -1.93. The van der Waals surface area contributed by atoms with E-state index < -0.39 is 0 Å². The zero-order valence-electron chi connectivity index (χ0n) is 13.7. The molecule has 2 aromatic carbocycles. The zero-order chi connectivity index (χ0) is 16.8. The molecule has 0 aliphatic rings. The summed E-state index contributed by atoms with van der Waals surface area (Å²) in [5.74, 6) is -0.144. The first-order chi connectivity index (χ1) is 10.5. The monoisotopic (exact) mass is 300 g/mol. The summed E-state index contributed by atoms with van der Waals surface area (Å²) in [5.41, 5.74) is 2.41. The van der Waals surface area contributed by atoms with Crippen molar-refractivity contribution in [2.45, 2.75) is 33.6 Å². The summed E-state index contributed by atoms with van der Waals surface area (Å²) in [4.78, 5) is 9.69. The fourth-order valence-corrected chi connectivity index (χ4v) is 1.54. The number of halogens is 1. The van der Waals surface area contributed by atoms with Gasteiger partial charge in [0.15, 0.2) is 5.78 Å². The number of allylic oxidation sites excluding steroid dienone is 1. The van der Waals surface area contributed by atoms with E-state index in [1.54, 1.807) is 6.07 Å². The molecule has 2 rings (SSSR count). The quantitative estimate of drug-likeness (QED) is 0.681. The molecule has 2 heteroatoms. The molecule has 0 amide bonds. The Morgan fingerprint density at radius 3 is 2.09 bits per heavy atom. The van der Waals surface area contributed by atoms with Crippen molar-refractivity contribution in [2.75, 3.05) is 0 Å². The standard InChI is InChI=1S/C9H12.C7H7F.C4H6O/c1-2-6-9-7-4-3-5-8-9;1-6-3-2-4-7(8)5-6;1-3-4(2)5/h3-5,7-8H,2,6H2,1H3;2-5H,1H3;3H,1H2,2H3. The first-order valence-electron chi connectivity index (χ1n) is 7.38. The SMILES string of the molecule is C=CC(C)=O.CCCc1ccccc1.Cc1cccc(F)c1. The average molecular weight is 300 g/mol. The first kappa shape index (κ1) is 19.8. The highest BCUT2D eigenvalue weighted by atomic mass is 19.1. The number of ketones is 1. The second kappa shape index (κ2) is 12.5. The van der Waals surface area contributed by atoms with Crippen LogP contribution in [-0.2, 0) is 11.2 Å². The van der Waals surface area contributed by atoms with Gasteiger partial charge in [-0.2, -0.15) is 0 Å². The van der Waals surface area contributed by atoms with Crippen LogP contribution in [0.15, 0.2) is 67.3 Å². The molecule has 0 fully saturated rings. The molecule has 0 aliphatic heterocycles. The topological polar surface area (TPSA) is 17.1 Å². The van der Waals surface area contributed by atoms with E-state index in [4.69, 9.17) is 0 Å². The lowest BCUT2D eigenvalue weighted by atomic mass is 10.1. The van der Waals surface area contributed by atoms with E-state index in [1.165, 1.54) is 43.5 Å². The van der Waals surface area contributed by atoms with Crippen molar-refractivity contribution >= 4 is 5.78 Å². The second-order valence-electron chi connectivity index (χ2n) is 4.85. The number of rotatable bonds is 3. The van der Waals surface area contributed by atoms with Gasteiger partial charge in [-0.1, -0.05) is 62.4 Å². The number of carbonyl (C=O) groups excluding carboxylic acids is 1. The number of carbonyl (C=O) groups is 1. The molecule has 0 saturated carbocycles. The van der Waals surface area contributed by atoms with E-state index in [0.717, 1.165) is 5.56 Å². The van der Waals surface area contributed by atoms with Crippen LogP contribution < -0.4 is 0 Å². The Hall–Kier alpha value is -2.22. The summed E-state index contributed by atoms with van der Waals surface area (Å²) in [6, 6.07) is 17.1. The van der Waals surface area contributed by atoms with Gasteiger partial charge in [0.1, 0.15) is 5.82 Å². The molecule has 0 spiro atoms. The van der Waals surface area contributed by atoms with E-state index in [1.807, 2.05) is 13.0 Å². The summed E-state index contributed by atoms with van der Waals surface area (Å²) in [6.45, 7) is 8.74. The van der Waals surface area contributed by atoms with Crippen molar-refractivity contribution in [3.05, 3.63) is 84.2 Å². The van der Waals surface area contributed by atoms with Gasteiger partial charge in [0.2, 0.25) is 0 Å². The van der Waals surface area contributed by atoms with Crippen molar-refractivity contribution in [3.63, 3.8) is 0 Å². The van der Waals surface area contributed by atoms with Gasteiger partial charge in [0.05, 0.1) is 0 Å². The van der Waals surface area contributed by atoms with Crippen molar-refractivity contribution in [1.82, 2.24) is 0 Å². The first-order valence-corrected chi connectivity index (χ1v) is 7.38. The Morgan fingerprint density at radius 1 is 1.14 bits per heavy atom. The fraction of sp³-hybridized carbons (Fsp3) is 0.250. The fourth-order valence-electron chi connectivity index (χ4n) is 1.54. The molecule has 0 heterocycles. The van der Waals surface area contributed by atoms with Gasteiger partial charge in [0.25, 0.3) is 0 Å².